The fourth-order valence-electron chi connectivity index (χ4n) is 3.15. The number of rotatable bonds is 7. The predicted octanol–water partition coefficient (Wildman–Crippen LogP) is 3.14. The summed E-state index contributed by atoms with van der Waals surface area (Å²) in [6.45, 7) is 9.90. The molecule has 0 aromatic heterocycles. The summed E-state index contributed by atoms with van der Waals surface area (Å²) in [4.78, 5) is 12.3. The molecule has 3 N–H and O–H groups in total. The minimum atomic E-state index is -3.77. The third kappa shape index (κ3) is 4.54. The summed E-state index contributed by atoms with van der Waals surface area (Å²) in [5, 5.41) is 11.4. The van der Waals surface area contributed by atoms with Gasteiger partial charge >= 0.3 is 0 Å². The van der Waals surface area contributed by atoms with E-state index in [0.717, 1.165) is 27.8 Å². The first-order valence-electron chi connectivity index (χ1n) is 9.19. The molecule has 152 valence electrons. The molecule has 2 aromatic rings. The Morgan fingerprint density at radius 1 is 0.893 bits per heavy atom. The molecule has 0 unspecified atom stereocenters. The monoisotopic (exact) mass is 404 g/mol. The number of sulfonamides is 1. The van der Waals surface area contributed by atoms with E-state index < -0.39 is 10.0 Å². The number of carbonyl (C=O) groups is 1. The van der Waals surface area contributed by atoms with Crippen LogP contribution < -0.4 is 10.0 Å². The van der Waals surface area contributed by atoms with Crippen LogP contribution in [0, 0.1) is 34.6 Å². The second-order valence-electron chi connectivity index (χ2n) is 6.97. The molecule has 2 aromatic carbocycles. The Hall–Kier alpha value is -2.38. The Morgan fingerprint density at radius 3 is 1.89 bits per heavy atom. The minimum Gasteiger partial charge on any atom is -0.396 e. The first kappa shape index (κ1) is 21.9. The summed E-state index contributed by atoms with van der Waals surface area (Å²) in [6, 6.07) is 6.27. The zero-order chi connectivity index (χ0) is 21.1. The molecule has 2 rings (SSSR count). The second-order valence-corrected chi connectivity index (χ2v) is 8.59. The lowest BCUT2D eigenvalue weighted by atomic mass is 9.95. The lowest BCUT2D eigenvalue weighted by Crippen LogP contribution is -2.25. The molecule has 0 bridgehead atoms. The van der Waals surface area contributed by atoms with Crippen LogP contribution in [0.25, 0.3) is 0 Å². The first-order valence-corrected chi connectivity index (χ1v) is 10.7. The van der Waals surface area contributed by atoms with Gasteiger partial charge in [-0.1, -0.05) is 0 Å². The number of carbonyl (C=O) groups excluding carboxylic acids is 1. The molecule has 28 heavy (non-hydrogen) atoms. The standard InChI is InChI=1S/C21H28N2O4S/c1-13-14(2)16(4)20(17(5)15(13)3)28(26,27)23-19-9-7-18(8-10-19)21(25)22-11-6-12-24/h7-10,23-24H,6,11-12H2,1-5H3,(H,22,25). The minimum absolute atomic E-state index is 0.0117. The number of anilines is 1. The maximum Gasteiger partial charge on any atom is 0.262 e. The van der Waals surface area contributed by atoms with E-state index in [1.54, 1.807) is 24.3 Å². The third-order valence-electron chi connectivity index (χ3n) is 5.22. The highest BCUT2D eigenvalue weighted by Gasteiger charge is 2.23. The van der Waals surface area contributed by atoms with Crippen molar-refractivity contribution in [3.63, 3.8) is 0 Å². The number of benzene rings is 2. The molecule has 1 amide bonds. The van der Waals surface area contributed by atoms with Crippen LogP contribution in [0.4, 0.5) is 5.69 Å². The van der Waals surface area contributed by atoms with Gasteiger partial charge in [-0.25, -0.2) is 8.42 Å². The van der Waals surface area contributed by atoms with Crippen molar-refractivity contribution in [1.29, 1.82) is 0 Å². The van der Waals surface area contributed by atoms with Gasteiger partial charge < -0.3 is 10.4 Å². The average Bonchev–Trinajstić information content (AvgIpc) is 2.65. The summed E-state index contributed by atoms with van der Waals surface area (Å²) in [5.41, 5.74) is 5.35. The maximum absolute atomic E-state index is 13.0. The topological polar surface area (TPSA) is 95.5 Å². The van der Waals surface area contributed by atoms with Crippen LogP contribution in [0.15, 0.2) is 29.2 Å². The zero-order valence-corrected chi connectivity index (χ0v) is 17.8. The van der Waals surface area contributed by atoms with Crippen molar-refractivity contribution in [1.82, 2.24) is 5.32 Å². The van der Waals surface area contributed by atoms with Gasteiger partial charge in [0.05, 0.1) is 4.90 Å². The molecule has 0 aliphatic heterocycles. The number of amides is 1. The Morgan fingerprint density at radius 2 is 1.39 bits per heavy atom. The Bertz CT molecular complexity index is 951. The van der Waals surface area contributed by atoms with Crippen molar-refractivity contribution >= 4 is 21.6 Å². The second kappa shape index (κ2) is 8.75. The predicted molar refractivity (Wildman–Crippen MR) is 111 cm³/mol. The number of hydrogen-bond acceptors (Lipinski definition) is 4. The molecular weight excluding hydrogens is 376 g/mol. The molecule has 0 atom stereocenters. The lowest BCUT2D eigenvalue weighted by molar-refractivity contribution is 0.0951. The largest absolute Gasteiger partial charge is 0.396 e. The Labute approximate surface area is 167 Å². The number of aliphatic hydroxyl groups excluding tert-OH is 1. The molecule has 6 nitrogen and oxygen atoms in total. The molecule has 7 heteroatoms. The summed E-state index contributed by atoms with van der Waals surface area (Å²) < 4.78 is 28.7. The highest BCUT2D eigenvalue weighted by molar-refractivity contribution is 7.92. The fourth-order valence-corrected chi connectivity index (χ4v) is 4.81. The summed E-state index contributed by atoms with van der Waals surface area (Å²) in [5.74, 6) is -0.265. The number of hydrogen-bond donors (Lipinski definition) is 3. The highest BCUT2D eigenvalue weighted by atomic mass is 32.2. The van der Waals surface area contributed by atoms with Crippen molar-refractivity contribution in [2.45, 2.75) is 45.9 Å². The van der Waals surface area contributed by atoms with E-state index >= 15 is 0 Å². The molecule has 0 aliphatic rings. The van der Waals surface area contributed by atoms with Gasteiger partial charge in [0.15, 0.2) is 0 Å². The van der Waals surface area contributed by atoms with Gasteiger partial charge in [-0.3, -0.25) is 9.52 Å². The summed E-state index contributed by atoms with van der Waals surface area (Å²) >= 11 is 0. The molecule has 0 saturated carbocycles. The van der Waals surface area contributed by atoms with Crippen LogP contribution in [0.3, 0.4) is 0 Å². The van der Waals surface area contributed by atoms with E-state index in [0.29, 0.717) is 29.1 Å². The van der Waals surface area contributed by atoms with Gasteiger partial charge in [0.25, 0.3) is 15.9 Å². The van der Waals surface area contributed by atoms with Crippen LogP contribution in [0.1, 0.15) is 44.6 Å². The van der Waals surface area contributed by atoms with Crippen LogP contribution in [-0.4, -0.2) is 32.6 Å². The summed E-state index contributed by atoms with van der Waals surface area (Å²) in [6.07, 6.45) is 0.484. The molecular formula is C21H28N2O4S. The van der Waals surface area contributed by atoms with Crippen molar-refractivity contribution in [3.8, 4) is 0 Å². The molecule has 0 spiro atoms. The van der Waals surface area contributed by atoms with E-state index in [1.165, 1.54) is 0 Å². The van der Waals surface area contributed by atoms with E-state index in [1.807, 2.05) is 34.6 Å². The first-order chi connectivity index (χ1) is 13.1. The van der Waals surface area contributed by atoms with Crippen LogP contribution in [-0.2, 0) is 10.0 Å². The van der Waals surface area contributed by atoms with Crippen LogP contribution >= 0.6 is 0 Å². The van der Waals surface area contributed by atoms with Crippen LogP contribution in [0.5, 0.6) is 0 Å². The number of nitrogens with one attached hydrogen (secondary N) is 2. The van der Waals surface area contributed by atoms with Gasteiger partial charge in [-0.05, 0) is 93.1 Å². The molecule has 0 aliphatic carbocycles. The summed E-state index contributed by atoms with van der Waals surface area (Å²) in [7, 11) is -3.77. The normalized spacial score (nSPS) is 11.4. The fraction of sp³-hybridized carbons (Fsp3) is 0.381. The SMILES string of the molecule is Cc1c(C)c(C)c(S(=O)(=O)Nc2ccc(C(=O)NCCCO)cc2)c(C)c1C. The molecule has 0 radical (unpaired) electrons. The zero-order valence-electron chi connectivity index (χ0n) is 17.0. The van der Waals surface area contributed by atoms with Gasteiger partial charge in [-0.2, -0.15) is 0 Å². The van der Waals surface area contributed by atoms with Gasteiger partial charge in [0.1, 0.15) is 0 Å². The van der Waals surface area contributed by atoms with Crippen LogP contribution in [0.2, 0.25) is 0 Å². The van der Waals surface area contributed by atoms with Crippen molar-refractivity contribution < 1.29 is 18.3 Å². The van der Waals surface area contributed by atoms with Gasteiger partial charge in [0.2, 0.25) is 0 Å². The third-order valence-corrected chi connectivity index (χ3v) is 6.87. The van der Waals surface area contributed by atoms with Gasteiger partial charge in [0, 0.05) is 24.4 Å². The van der Waals surface area contributed by atoms with E-state index in [9.17, 15) is 13.2 Å². The van der Waals surface area contributed by atoms with E-state index in [-0.39, 0.29) is 12.5 Å². The maximum atomic E-state index is 13.0. The Balaban J connectivity index is 2.28. The van der Waals surface area contributed by atoms with Crippen molar-refractivity contribution in [2.75, 3.05) is 17.9 Å². The molecule has 0 saturated heterocycles. The van der Waals surface area contributed by atoms with Gasteiger partial charge in [-0.15, -0.1) is 0 Å². The Kier molecular flexibility index (Phi) is 6.85. The lowest BCUT2D eigenvalue weighted by Gasteiger charge is -2.19. The van der Waals surface area contributed by atoms with E-state index in [4.69, 9.17) is 5.11 Å². The molecule has 0 fully saturated rings. The van der Waals surface area contributed by atoms with E-state index in [2.05, 4.69) is 10.0 Å². The van der Waals surface area contributed by atoms with Crippen molar-refractivity contribution in [2.24, 2.45) is 0 Å². The van der Waals surface area contributed by atoms with Crippen molar-refractivity contribution in [3.05, 3.63) is 57.6 Å². The molecule has 0 heterocycles. The quantitative estimate of drug-likeness (QED) is 0.618. The average molecular weight is 405 g/mol. The highest BCUT2D eigenvalue weighted by Crippen LogP contribution is 2.30. The smallest absolute Gasteiger partial charge is 0.262 e. The number of aliphatic hydroxyl groups is 1.